The second-order valence-electron chi connectivity index (χ2n) is 6.67. The number of piperidine rings is 1. The van der Waals surface area contributed by atoms with Crippen molar-refractivity contribution in [2.24, 2.45) is 0 Å². The molecule has 0 saturated carbocycles. The van der Waals surface area contributed by atoms with Crippen molar-refractivity contribution < 1.29 is 10.0 Å². The number of aliphatic hydroxyl groups is 1. The van der Waals surface area contributed by atoms with Crippen molar-refractivity contribution in [2.45, 2.75) is 44.9 Å². The van der Waals surface area contributed by atoms with E-state index in [0.717, 1.165) is 25.9 Å². The molecular weight excluding hydrogens is 294 g/mol. The molecule has 1 aromatic rings. The average molecular weight is 321 g/mol. The Morgan fingerprint density at radius 3 is 2.61 bits per heavy atom. The Morgan fingerprint density at radius 1 is 1.39 bits per heavy atom. The largest absolute Gasteiger partial charge is 0.387 e. The molecule has 1 atom stereocenters. The van der Waals surface area contributed by atoms with Crippen molar-refractivity contribution >= 4 is 5.69 Å². The summed E-state index contributed by atoms with van der Waals surface area (Å²) in [7, 11) is 2.02. The first kappa shape index (κ1) is 17.8. The first-order chi connectivity index (χ1) is 10.9. The number of likely N-dealkylation sites (N-methyl/N-ethyl adjacent to an activating group) is 1. The molecule has 128 valence electrons. The molecule has 0 spiro atoms. The highest BCUT2D eigenvalue weighted by Gasteiger charge is 2.25. The molecule has 1 N–H and O–H groups in total. The maximum absolute atomic E-state index is 10.8. The summed E-state index contributed by atoms with van der Waals surface area (Å²) in [5, 5.41) is 21.2. The van der Waals surface area contributed by atoms with Gasteiger partial charge in [0.2, 0.25) is 0 Å². The normalized spacial score (nSPS) is 18.5. The van der Waals surface area contributed by atoms with Crippen molar-refractivity contribution in [2.75, 3.05) is 26.7 Å². The highest BCUT2D eigenvalue weighted by molar-refractivity contribution is 5.35. The summed E-state index contributed by atoms with van der Waals surface area (Å²) in [5.74, 6) is 0. The predicted molar refractivity (Wildman–Crippen MR) is 90.4 cm³/mol. The Labute approximate surface area is 137 Å². The lowest BCUT2D eigenvalue weighted by molar-refractivity contribution is -0.385. The van der Waals surface area contributed by atoms with Crippen LogP contribution >= 0.6 is 0 Å². The van der Waals surface area contributed by atoms with Gasteiger partial charge in [-0.15, -0.1) is 0 Å². The Bertz CT molecular complexity index is 528. The van der Waals surface area contributed by atoms with E-state index in [1.54, 1.807) is 12.1 Å². The molecule has 0 radical (unpaired) electrons. The first-order valence-corrected chi connectivity index (χ1v) is 8.25. The fourth-order valence-electron chi connectivity index (χ4n) is 3.22. The molecule has 6 heteroatoms. The van der Waals surface area contributed by atoms with Gasteiger partial charge in [0.05, 0.1) is 11.0 Å². The molecular formula is C17H27N3O3. The number of non-ortho nitro benzene ring substituents is 1. The maximum atomic E-state index is 10.8. The lowest BCUT2D eigenvalue weighted by atomic mass is 10.0. The second-order valence-corrected chi connectivity index (χ2v) is 6.67. The van der Waals surface area contributed by atoms with Gasteiger partial charge >= 0.3 is 0 Å². The lowest BCUT2D eigenvalue weighted by Gasteiger charge is -2.39. The smallest absolute Gasteiger partial charge is 0.269 e. The molecule has 1 aromatic carbocycles. The SMILES string of the molecule is CC(C)N1CCC(N(C)CC(O)c2cccc([N+](=O)[O-])c2)CC1. The van der Waals surface area contributed by atoms with Crippen molar-refractivity contribution in [3.8, 4) is 0 Å². The average Bonchev–Trinajstić information content (AvgIpc) is 2.54. The van der Waals surface area contributed by atoms with E-state index < -0.39 is 11.0 Å². The van der Waals surface area contributed by atoms with E-state index in [9.17, 15) is 15.2 Å². The van der Waals surface area contributed by atoms with E-state index in [1.165, 1.54) is 12.1 Å². The van der Waals surface area contributed by atoms with E-state index in [-0.39, 0.29) is 5.69 Å². The van der Waals surface area contributed by atoms with Gasteiger partial charge in [-0.1, -0.05) is 12.1 Å². The summed E-state index contributed by atoms with van der Waals surface area (Å²) >= 11 is 0. The van der Waals surface area contributed by atoms with E-state index >= 15 is 0 Å². The fraction of sp³-hybridized carbons (Fsp3) is 0.647. The maximum Gasteiger partial charge on any atom is 0.269 e. The zero-order valence-electron chi connectivity index (χ0n) is 14.2. The van der Waals surface area contributed by atoms with E-state index in [0.29, 0.717) is 24.2 Å². The van der Waals surface area contributed by atoms with E-state index in [2.05, 4.69) is 23.6 Å². The quantitative estimate of drug-likeness (QED) is 0.644. The molecule has 0 aromatic heterocycles. The van der Waals surface area contributed by atoms with Crippen LogP contribution < -0.4 is 0 Å². The van der Waals surface area contributed by atoms with Crippen LogP contribution in [0.5, 0.6) is 0 Å². The number of nitro groups is 1. The second kappa shape index (κ2) is 7.86. The first-order valence-electron chi connectivity index (χ1n) is 8.25. The molecule has 2 rings (SSSR count). The molecule has 1 fully saturated rings. The van der Waals surface area contributed by atoms with Gasteiger partial charge in [-0.3, -0.25) is 10.1 Å². The van der Waals surface area contributed by atoms with Gasteiger partial charge in [0.1, 0.15) is 0 Å². The molecule has 23 heavy (non-hydrogen) atoms. The van der Waals surface area contributed by atoms with Crippen LogP contribution in [0.1, 0.15) is 38.4 Å². The van der Waals surface area contributed by atoms with Crippen LogP contribution in [0.3, 0.4) is 0 Å². The summed E-state index contributed by atoms with van der Waals surface area (Å²) in [4.78, 5) is 15.1. The fourth-order valence-corrected chi connectivity index (χ4v) is 3.22. The third-order valence-corrected chi connectivity index (χ3v) is 4.78. The predicted octanol–water partition coefficient (Wildman–Crippen LogP) is 2.43. The lowest BCUT2D eigenvalue weighted by Crippen LogP contribution is -2.46. The van der Waals surface area contributed by atoms with Crippen LogP contribution in [0.4, 0.5) is 5.69 Å². The molecule has 0 aliphatic carbocycles. The van der Waals surface area contributed by atoms with Crippen LogP contribution in [0.15, 0.2) is 24.3 Å². The number of likely N-dealkylation sites (tertiary alicyclic amines) is 1. The molecule has 6 nitrogen and oxygen atoms in total. The highest BCUT2D eigenvalue weighted by atomic mass is 16.6. The number of hydrogen-bond acceptors (Lipinski definition) is 5. The van der Waals surface area contributed by atoms with Crippen molar-refractivity contribution in [1.82, 2.24) is 9.80 Å². The minimum atomic E-state index is -0.706. The number of nitro benzene ring substituents is 1. The molecule has 0 bridgehead atoms. The Balaban J connectivity index is 1.91. The van der Waals surface area contributed by atoms with Crippen molar-refractivity contribution in [3.05, 3.63) is 39.9 Å². The van der Waals surface area contributed by atoms with Gasteiger partial charge in [-0.2, -0.15) is 0 Å². The van der Waals surface area contributed by atoms with Crippen LogP contribution in [0.2, 0.25) is 0 Å². The van der Waals surface area contributed by atoms with Crippen LogP contribution in [0.25, 0.3) is 0 Å². The number of aliphatic hydroxyl groups excluding tert-OH is 1. The van der Waals surface area contributed by atoms with Crippen molar-refractivity contribution in [1.29, 1.82) is 0 Å². The highest BCUT2D eigenvalue weighted by Crippen LogP contribution is 2.23. The van der Waals surface area contributed by atoms with Gasteiger partial charge in [0, 0.05) is 30.8 Å². The Hall–Kier alpha value is -1.50. The molecule has 1 saturated heterocycles. The van der Waals surface area contributed by atoms with Gasteiger partial charge in [-0.25, -0.2) is 0 Å². The number of rotatable bonds is 6. The Kier molecular flexibility index (Phi) is 6.10. The summed E-state index contributed by atoms with van der Waals surface area (Å²) in [6, 6.07) is 7.31. The van der Waals surface area contributed by atoms with Gasteiger partial charge in [0.25, 0.3) is 5.69 Å². The van der Waals surface area contributed by atoms with Crippen molar-refractivity contribution in [3.63, 3.8) is 0 Å². The zero-order valence-corrected chi connectivity index (χ0v) is 14.2. The third kappa shape index (κ3) is 4.73. The summed E-state index contributed by atoms with van der Waals surface area (Å²) in [6.45, 7) is 7.10. The van der Waals surface area contributed by atoms with E-state index in [1.807, 2.05) is 7.05 Å². The minimum absolute atomic E-state index is 0.0226. The topological polar surface area (TPSA) is 69.8 Å². The van der Waals surface area contributed by atoms with Crippen LogP contribution in [-0.4, -0.2) is 58.6 Å². The number of nitrogens with zero attached hydrogens (tertiary/aromatic N) is 3. The molecule has 1 aliphatic rings. The standard InChI is InChI=1S/C17H27N3O3/c1-13(2)19-9-7-15(8-10-19)18(3)12-17(21)14-5-4-6-16(11-14)20(22)23/h4-6,11,13,15,17,21H,7-10,12H2,1-3H3. The molecule has 1 unspecified atom stereocenters. The third-order valence-electron chi connectivity index (χ3n) is 4.78. The van der Waals surface area contributed by atoms with Gasteiger partial charge in [0.15, 0.2) is 0 Å². The molecule has 1 heterocycles. The molecule has 1 aliphatic heterocycles. The minimum Gasteiger partial charge on any atom is -0.387 e. The van der Waals surface area contributed by atoms with Crippen LogP contribution in [0, 0.1) is 10.1 Å². The Morgan fingerprint density at radius 2 is 2.04 bits per heavy atom. The number of hydrogen-bond donors (Lipinski definition) is 1. The van der Waals surface area contributed by atoms with Gasteiger partial charge in [-0.05, 0) is 52.4 Å². The van der Waals surface area contributed by atoms with Gasteiger partial charge < -0.3 is 14.9 Å². The zero-order chi connectivity index (χ0) is 17.0. The summed E-state index contributed by atoms with van der Waals surface area (Å²) in [6.07, 6.45) is 1.48. The monoisotopic (exact) mass is 321 g/mol. The number of benzene rings is 1. The van der Waals surface area contributed by atoms with E-state index in [4.69, 9.17) is 0 Å². The summed E-state index contributed by atoms with van der Waals surface area (Å²) < 4.78 is 0. The van der Waals surface area contributed by atoms with Crippen LogP contribution in [-0.2, 0) is 0 Å². The molecule has 0 amide bonds. The summed E-state index contributed by atoms with van der Waals surface area (Å²) in [5.41, 5.74) is 0.625.